The first kappa shape index (κ1) is 17.2. The summed E-state index contributed by atoms with van der Waals surface area (Å²) in [6.45, 7) is 2.35. The van der Waals surface area contributed by atoms with Gasteiger partial charge in [0.1, 0.15) is 23.9 Å². The number of ketones is 1. The lowest BCUT2D eigenvalue weighted by atomic mass is 10.1. The molecule has 1 heterocycles. The van der Waals surface area contributed by atoms with Crippen LogP contribution in [0.4, 0.5) is 0 Å². The highest BCUT2D eigenvalue weighted by Crippen LogP contribution is 2.19. The molecular formula is C21H17BrO3. The number of rotatable bonds is 6. The van der Waals surface area contributed by atoms with Crippen LogP contribution in [0.25, 0.3) is 6.08 Å². The van der Waals surface area contributed by atoms with E-state index in [1.54, 1.807) is 18.2 Å². The van der Waals surface area contributed by atoms with Gasteiger partial charge in [-0.25, -0.2) is 0 Å². The predicted octanol–water partition coefficient (Wildman–Crippen LogP) is 5.83. The number of hydrogen-bond donors (Lipinski definition) is 0. The summed E-state index contributed by atoms with van der Waals surface area (Å²) in [4.78, 5) is 12.1. The number of hydrogen-bond acceptors (Lipinski definition) is 3. The zero-order valence-electron chi connectivity index (χ0n) is 13.7. The Morgan fingerprint density at radius 2 is 1.84 bits per heavy atom. The largest absolute Gasteiger partial charge is 0.485 e. The number of allylic oxidation sites excluding steroid dienone is 1. The number of carbonyl (C=O) groups is 1. The van der Waals surface area contributed by atoms with E-state index in [4.69, 9.17) is 9.15 Å². The number of halogens is 1. The van der Waals surface area contributed by atoms with Crippen molar-refractivity contribution in [2.24, 2.45) is 0 Å². The molecule has 3 rings (SSSR count). The first-order valence-electron chi connectivity index (χ1n) is 7.87. The van der Waals surface area contributed by atoms with Crippen molar-refractivity contribution >= 4 is 27.8 Å². The fourth-order valence-corrected chi connectivity index (χ4v) is 2.56. The maximum absolute atomic E-state index is 12.1. The molecule has 0 bridgehead atoms. The van der Waals surface area contributed by atoms with Crippen LogP contribution in [0.5, 0.6) is 5.75 Å². The monoisotopic (exact) mass is 396 g/mol. The molecule has 0 unspecified atom stereocenters. The van der Waals surface area contributed by atoms with Crippen LogP contribution < -0.4 is 4.74 Å². The maximum Gasteiger partial charge on any atom is 0.185 e. The lowest BCUT2D eigenvalue weighted by molar-refractivity contribution is 0.104. The number of benzene rings is 2. The highest BCUT2D eigenvalue weighted by atomic mass is 79.9. The Labute approximate surface area is 155 Å². The van der Waals surface area contributed by atoms with Crippen molar-refractivity contribution in [3.05, 3.63) is 93.9 Å². The molecule has 2 aromatic carbocycles. The third-order valence-corrected chi connectivity index (χ3v) is 4.20. The molecule has 0 spiro atoms. The molecule has 4 heteroatoms. The molecule has 126 valence electrons. The minimum absolute atomic E-state index is 0.0680. The van der Waals surface area contributed by atoms with Crippen LogP contribution in [0, 0.1) is 6.92 Å². The number of aryl methyl sites for hydroxylation is 1. The molecule has 25 heavy (non-hydrogen) atoms. The molecule has 3 nitrogen and oxygen atoms in total. The van der Waals surface area contributed by atoms with Gasteiger partial charge in [0.05, 0.1) is 0 Å². The molecule has 3 aromatic rings. The standard InChI is InChI=1S/C21H17BrO3/c1-15-4-2-3-5-21(15)24-14-19-11-10-18(25-19)12-13-20(23)16-6-8-17(22)9-7-16/h2-13H,14H2,1H3/b13-12+. The molecule has 0 amide bonds. The lowest BCUT2D eigenvalue weighted by Gasteiger charge is -2.06. The van der Waals surface area contributed by atoms with Gasteiger partial charge in [-0.15, -0.1) is 0 Å². The van der Waals surface area contributed by atoms with Crippen molar-refractivity contribution in [3.63, 3.8) is 0 Å². The highest BCUT2D eigenvalue weighted by Gasteiger charge is 2.05. The Balaban J connectivity index is 1.60. The summed E-state index contributed by atoms with van der Waals surface area (Å²) in [6, 6.07) is 18.7. The quantitative estimate of drug-likeness (QED) is 0.388. The Morgan fingerprint density at radius 1 is 1.08 bits per heavy atom. The van der Waals surface area contributed by atoms with Gasteiger partial charge in [-0.2, -0.15) is 0 Å². The van der Waals surface area contributed by atoms with Crippen LogP contribution in [0.1, 0.15) is 27.4 Å². The van der Waals surface area contributed by atoms with E-state index in [2.05, 4.69) is 15.9 Å². The molecule has 0 N–H and O–H groups in total. The van der Waals surface area contributed by atoms with E-state index in [1.807, 2.05) is 55.5 Å². The summed E-state index contributed by atoms with van der Waals surface area (Å²) in [7, 11) is 0. The van der Waals surface area contributed by atoms with Crippen molar-refractivity contribution < 1.29 is 13.9 Å². The van der Waals surface area contributed by atoms with Gasteiger partial charge in [-0.1, -0.05) is 34.1 Å². The lowest BCUT2D eigenvalue weighted by Crippen LogP contribution is -1.95. The first-order chi connectivity index (χ1) is 12.1. The van der Waals surface area contributed by atoms with Gasteiger partial charge in [-0.3, -0.25) is 4.79 Å². The SMILES string of the molecule is Cc1ccccc1OCc1ccc(/C=C/C(=O)c2ccc(Br)cc2)o1. The average molecular weight is 397 g/mol. The summed E-state index contributed by atoms with van der Waals surface area (Å²) < 4.78 is 12.4. The van der Waals surface area contributed by atoms with Crippen LogP contribution in [0.3, 0.4) is 0 Å². The molecule has 0 aliphatic heterocycles. The van der Waals surface area contributed by atoms with Crippen LogP contribution >= 0.6 is 15.9 Å². The zero-order valence-corrected chi connectivity index (χ0v) is 15.3. The van der Waals surface area contributed by atoms with E-state index >= 15 is 0 Å². The van der Waals surface area contributed by atoms with Gasteiger partial charge < -0.3 is 9.15 Å². The van der Waals surface area contributed by atoms with Crippen molar-refractivity contribution in [1.82, 2.24) is 0 Å². The van der Waals surface area contributed by atoms with E-state index < -0.39 is 0 Å². The van der Waals surface area contributed by atoms with Gasteiger partial charge in [0.15, 0.2) is 5.78 Å². The van der Waals surface area contributed by atoms with Crippen molar-refractivity contribution in [2.45, 2.75) is 13.5 Å². The number of furan rings is 1. The molecule has 0 aliphatic rings. The minimum Gasteiger partial charge on any atom is -0.485 e. The van der Waals surface area contributed by atoms with Crippen molar-refractivity contribution in [2.75, 3.05) is 0 Å². The van der Waals surface area contributed by atoms with Crippen molar-refractivity contribution in [3.8, 4) is 5.75 Å². The Kier molecular flexibility index (Phi) is 5.51. The summed E-state index contributed by atoms with van der Waals surface area (Å²) in [6.07, 6.45) is 3.18. The molecular weight excluding hydrogens is 380 g/mol. The molecule has 0 saturated carbocycles. The molecule has 1 aromatic heterocycles. The molecule has 0 radical (unpaired) electrons. The van der Waals surface area contributed by atoms with Gasteiger partial charge in [0.25, 0.3) is 0 Å². The second-order valence-corrected chi connectivity index (χ2v) is 6.48. The molecule has 0 saturated heterocycles. The third-order valence-electron chi connectivity index (χ3n) is 3.67. The Morgan fingerprint density at radius 3 is 2.60 bits per heavy atom. The van der Waals surface area contributed by atoms with E-state index in [0.29, 0.717) is 23.7 Å². The summed E-state index contributed by atoms with van der Waals surface area (Å²) >= 11 is 3.35. The Bertz CT molecular complexity index is 892. The van der Waals surface area contributed by atoms with E-state index in [1.165, 1.54) is 6.08 Å². The van der Waals surface area contributed by atoms with E-state index in [0.717, 1.165) is 15.8 Å². The topological polar surface area (TPSA) is 39.4 Å². The average Bonchev–Trinajstić information content (AvgIpc) is 3.07. The van der Waals surface area contributed by atoms with Gasteiger partial charge in [0, 0.05) is 10.0 Å². The van der Waals surface area contributed by atoms with Crippen LogP contribution in [-0.2, 0) is 6.61 Å². The molecule has 0 aliphatic carbocycles. The van der Waals surface area contributed by atoms with Crippen LogP contribution in [-0.4, -0.2) is 5.78 Å². The molecule has 0 atom stereocenters. The summed E-state index contributed by atoms with van der Waals surface area (Å²) in [5.41, 5.74) is 1.71. The first-order valence-corrected chi connectivity index (χ1v) is 8.66. The predicted molar refractivity (Wildman–Crippen MR) is 102 cm³/mol. The summed E-state index contributed by atoms with van der Waals surface area (Å²) in [5.74, 6) is 2.09. The van der Waals surface area contributed by atoms with Gasteiger partial charge in [0.2, 0.25) is 0 Å². The highest BCUT2D eigenvalue weighted by molar-refractivity contribution is 9.10. The van der Waals surface area contributed by atoms with Crippen LogP contribution in [0.2, 0.25) is 0 Å². The van der Waals surface area contributed by atoms with Gasteiger partial charge >= 0.3 is 0 Å². The van der Waals surface area contributed by atoms with E-state index in [9.17, 15) is 4.79 Å². The van der Waals surface area contributed by atoms with E-state index in [-0.39, 0.29) is 5.78 Å². The summed E-state index contributed by atoms with van der Waals surface area (Å²) in [5, 5.41) is 0. The van der Waals surface area contributed by atoms with Gasteiger partial charge in [-0.05, 0) is 67.1 Å². The minimum atomic E-state index is -0.0680. The third kappa shape index (κ3) is 4.70. The number of ether oxygens (including phenoxy) is 1. The molecule has 0 fully saturated rings. The number of carbonyl (C=O) groups excluding carboxylic acids is 1. The number of para-hydroxylation sites is 1. The maximum atomic E-state index is 12.1. The fraction of sp³-hybridized carbons (Fsp3) is 0.0952. The zero-order chi connectivity index (χ0) is 17.6. The Hall–Kier alpha value is -2.59. The second kappa shape index (κ2) is 7.99. The van der Waals surface area contributed by atoms with Crippen molar-refractivity contribution in [1.29, 1.82) is 0 Å². The second-order valence-electron chi connectivity index (χ2n) is 5.56. The smallest absolute Gasteiger partial charge is 0.185 e. The fourth-order valence-electron chi connectivity index (χ4n) is 2.30. The normalized spacial score (nSPS) is 11.0. The van der Waals surface area contributed by atoms with Crippen LogP contribution in [0.15, 0.2) is 75.6 Å².